The fourth-order valence-corrected chi connectivity index (χ4v) is 2.17. The highest BCUT2D eigenvalue weighted by molar-refractivity contribution is 6.29. The summed E-state index contributed by atoms with van der Waals surface area (Å²) >= 11 is 5.93. The topological polar surface area (TPSA) is 38.2 Å². The third-order valence-corrected chi connectivity index (χ3v) is 2.91. The summed E-state index contributed by atoms with van der Waals surface area (Å²) in [5, 5.41) is 0.489. The van der Waals surface area contributed by atoms with Crippen molar-refractivity contribution in [2.45, 2.75) is 19.4 Å². The van der Waals surface area contributed by atoms with Gasteiger partial charge in [-0.2, -0.15) is 0 Å². The van der Waals surface area contributed by atoms with E-state index in [0.29, 0.717) is 17.6 Å². The molecular formula is C12H16ClN3O. The highest BCUT2D eigenvalue weighted by atomic mass is 35.5. The maximum absolute atomic E-state index is 5.93. The van der Waals surface area contributed by atoms with Crippen LogP contribution in [0.1, 0.15) is 12.2 Å². The Morgan fingerprint density at radius 1 is 1.65 bits per heavy atom. The molecule has 1 aliphatic rings. The number of ether oxygens (including phenoxy) is 1. The summed E-state index contributed by atoms with van der Waals surface area (Å²) in [4.78, 5) is 10.6. The van der Waals surface area contributed by atoms with Crippen molar-refractivity contribution in [1.82, 2.24) is 9.97 Å². The summed E-state index contributed by atoms with van der Waals surface area (Å²) in [6.45, 7) is 7.88. The highest BCUT2D eigenvalue weighted by Gasteiger charge is 2.24. The Balaban J connectivity index is 2.02. The van der Waals surface area contributed by atoms with Gasteiger partial charge in [0.25, 0.3) is 0 Å². The molecule has 2 heterocycles. The van der Waals surface area contributed by atoms with Crippen molar-refractivity contribution in [3.05, 3.63) is 29.7 Å². The summed E-state index contributed by atoms with van der Waals surface area (Å²) in [7, 11) is 0. The second-order valence-corrected chi connectivity index (χ2v) is 4.46. The average molecular weight is 254 g/mol. The first kappa shape index (κ1) is 12.3. The lowest BCUT2D eigenvalue weighted by molar-refractivity contribution is 0.0909. The average Bonchev–Trinajstić information content (AvgIpc) is 2.73. The smallest absolute Gasteiger partial charge is 0.134 e. The van der Waals surface area contributed by atoms with E-state index < -0.39 is 0 Å². The van der Waals surface area contributed by atoms with Crippen molar-refractivity contribution in [2.75, 3.05) is 24.6 Å². The summed E-state index contributed by atoms with van der Waals surface area (Å²) in [5.74, 6) is 1.58. The molecule has 5 heteroatoms. The number of aromatic nitrogens is 2. The van der Waals surface area contributed by atoms with Crippen LogP contribution < -0.4 is 4.90 Å². The van der Waals surface area contributed by atoms with Crippen molar-refractivity contribution < 1.29 is 4.74 Å². The molecule has 92 valence electrons. The molecule has 1 aromatic rings. The molecule has 1 unspecified atom stereocenters. The zero-order valence-corrected chi connectivity index (χ0v) is 10.7. The zero-order chi connectivity index (χ0) is 12.3. The number of halogens is 1. The Bertz CT molecular complexity index is 390. The van der Waals surface area contributed by atoms with Crippen LogP contribution in [0.15, 0.2) is 18.7 Å². The Hall–Kier alpha value is -1.13. The maximum atomic E-state index is 5.93. The monoisotopic (exact) mass is 253 g/mol. The quantitative estimate of drug-likeness (QED) is 0.609. The second-order valence-electron chi connectivity index (χ2n) is 4.07. The first-order chi connectivity index (χ1) is 8.19. The van der Waals surface area contributed by atoms with Crippen LogP contribution in [0.4, 0.5) is 5.82 Å². The van der Waals surface area contributed by atoms with Crippen LogP contribution in [-0.4, -0.2) is 35.8 Å². The molecule has 0 radical (unpaired) electrons. The van der Waals surface area contributed by atoms with Crippen LogP contribution in [0.25, 0.3) is 0 Å². The number of anilines is 1. The predicted octanol–water partition coefficient (Wildman–Crippen LogP) is 2.22. The Morgan fingerprint density at radius 2 is 2.47 bits per heavy atom. The van der Waals surface area contributed by atoms with Crippen LogP contribution in [-0.2, 0) is 4.74 Å². The molecule has 0 amide bonds. The minimum atomic E-state index is 0.252. The Morgan fingerprint density at radius 3 is 3.18 bits per heavy atom. The van der Waals surface area contributed by atoms with Gasteiger partial charge in [0, 0.05) is 19.2 Å². The first-order valence-electron chi connectivity index (χ1n) is 5.67. The molecule has 1 fully saturated rings. The van der Waals surface area contributed by atoms with E-state index >= 15 is 0 Å². The maximum Gasteiger partial charge on any atom is 0.134 e. The van der Waals surface area contributed by atoms with Gasteiger partial charge in [-0.1, -0.05) is 17.7 Å². The predicted molar refractivity (Wildman–Crippen MR) is 68.5 cm³/mol. The lowest BCUT2D eigenvalue weighted by atomic mass is 10.3. The van der Waals surface area contributed by atoms with Gasteiger partial charge in [-0.15, -0.1) is 6.58 Å². The lowest BCUT2D eigenvalue weighted by Crippen LogP contribution is -2.24. The lowest BCUT2D eigenvalue weighted by Gasteiger charge is -2.17. The molecule has 1 aliphatic heterocycles. The van der Waals surface area contributed by atoms with Gasteiger partial charge in [0.2, 0.25) is 0 Å². The second kappa shape index (κ2) is 5.47. The Kier molecular flexibility index (Phi) is 3.97. The van der Waals surface area contributed by atoms with Crippen LogP contribution >= 0.6 is 11.6 Å². The third kappa shape index (κ3) is 3.17. The standard InChI is InChI=1S/C12H16ClN3O/c1-3-6-17-10-4-5-16(8-10)12-7-11(13)14-9(2)15-12/h3,7,10H,1,4-6,8H2,2H3. The van der Waals surface area contributed by atoms with Crippen molar-refractivity contribution in [3.63, 3.8) is 0 Å². The fourth-order valence-electron chi connectivity index (χ4n) is 1.95. The van der Waals surface area contributed by atoms with E-state index in [9.17, 15) is 0 Å². The van der Waals surface area contributed by atoms with Gasteiger partial charge in [0.05, 0.1) is 12.7 Å². The van der Waals surface area contributed by atoms with Gasteiger partial charge in [-0.3, -0.25) is 0 Å². The van der Waals surface area contributed by atoms with Gasteiger partial charge in [0.15, 0.2) is 0 Å². The van der Waals surface area contributed by atoms with Crippen LogP contribution in [0.5, 0.6) is 0 Å². The van der Waals surface area contributed by atoms with Crippen LogP contribution in [0.3, 0.4) is 0 Å². The van der Waals surface area contributed by atoms with Crippen LogP contribution in [0.2, 0.25) is 5.15 Å². The summed E-state index contributed by atoms with van der Waals surface area (Å²) in [5.41, 5.74) is 0. The minimum absolute atomic E-state index is 0.252. The summed E-state index contributed by atoms with van der Waals surface area (Å²) < 4.78 is 5.63. The minimum Gasteiger partial charge on any atom is -0.372 e. The van der Waals surface area contributed by atoms with E-state index in [1.165, 1.54) is 0 Å². The number of hydrogen-bond donors (Lipinski definition) is 0. The number of hydrogen-bond acceptors (Lipinski definition) is 4. The van der Waals surface area contributed by atoms with Gasteiger partial charge in [0.1, 0.15) is 16.8 Å². The van der Waals surface area contributed by atoms with Gasteiger partial charge in [-0.25, -0.2) is 9.97 Å². The summed E-state index contributed by atoms with van der Waals surface area (Å²) in [6.07, 6.45) is 3.03. The van der Waals surface area contributed by atoms with E-state index in [4.69, 9.17) is 16.3 Å². The zero-order valence-electron chi connectivity index (χ0n) is 9.90. The van der Waals surface area contributed by atoms with E-state index in [1.807, 2.05) is 6.92 Å². The number of nitrogens with zero attached hydrogens (tertiary/aromatic N) is 3. The van der Waals surface area contributed by atoms with Gasteiger partial charge >= 0.3 is 0 Å². The van der Waals surface area contributed by atoms with E-state index in [1.54, 1.807) is 12.1 Å². The van der Waals surface area contributed by atoms with Gasteiger partial charge in [-0.05, 0) is 13.3 Å². The highest BCUT2D eigenvalue weighted by Crippen LogP contribution is 2.22. The molecule has 0 spiro atoms. The molecule has 0 aromatic carbocycles. The van der Waals surface area contributed by atoms with Crippen molar-refractivity contribution in [2.24, 2.45) is 0 Å². The summed E-state index contributed by atoms with van der Waals surface area (Å²) in [6, 6.07) is 1.80. The third-order valence-electron chi connectivity index (χ3n) is 2.71. The molecule has 0 bridgehead atoms. The van der Waals surface area contributed by atoms with Gasteiger partial charge < -0.3 is 9.64 Å². The van der Waals surface area contributed by atoms with Crippen molar-refractivity contribution in [1.29, 1.82) is 0 Å². The largest absolute Gasteiger partial charge is 0.372 e. The first-order valence-corrected chi connectivity index (χ1v) is 6.05. The molecule has 17 heavy (non-hydrogen) atoms. The van der Waals surface area contributed by atoms with Crippen LogP contribution in [0, 0.1) is 6.92 Å². The van der Waals surface area contributed by atoms with E-state index in [0.717, 1.165) is 25.3 Å². The normalized spacial score (nSPS) is 19.6. The van der Waals surface area contributed by atoms with Crippen molar-refractivity contribution >= 4 is 17.4 Å². The Labute approximate surface area is 106 Å². The SMILES string of the molecule is C=CCOC1CCN(c2cc(Cl)nc(C)n2)C1. The molecule has 0 aliphatic carbocycles. The molecule has 4 nitrogen and oxygen atoms in total. The van der Waals surface area contributed by atoms with E-state index in [2.05, 4.69) is 21.4 Å². The fraction of sp³-hybridized carbons (Fsp3) is 0.500. The molecule has 1 atom stereocenters. The molecule has 1 saturated heterocycles. The molecular weight excluding hydrogens is 238 g/mol. The molecule has 0 saturated carbocycles. The molecule has 2 rings (SSSR count). The molecule has 1 aromatic heterocycles. The molecule has 0 N–H and O–H groups in total. The number of aryl methyl sites for hydroxylation is 1. The van der Waals surface area contributed by atoms with E-state index in [-0.39, 0.29) is 6.10 Å². The van der Waals surface area contributed by atoms with Crippen molar-refractivity contribution in [3.8, 4) is 0 Å². The number of rotatable bonds is 4.